The van der Waals surface area contributed by atoms with Crippen LogP contribution in [0.5, 0.6) is 11.5 Å². The molecule has 0 fully saturated rings. The number of ether oxygens (including phenoxy) is 2. The van der Waals surface area contributed by atoms with Crippen LogP contribution in [0.1, 0.15) is 0 Å². The molecule has 2 N–H and O–H groups in total. The van der Waals surface area contributed by atoms with E-state index >= 15 is 0 Å². The molecular formula is C11H8BrN3O2. The van der Waals surface area contributed by atoms with Crippen molar-refractivity contribution in [2.75, 3.05) is 12.5 Å². The minimum Gasteiger partial charge on any atom is -0.454 e. The largest absolute Gasteiger partial charge is 0.454 e. The SMILES string of the molecule is Nc1cnc(-c2cc(Br)c3c(c2)OCO3)nc1. The molecule has 0 bridgehead atoms. The monoisotopic (exact) mass is 293 g/mol. The molecule has 0 atom stereocenters. The van der Waals surface area contributed by atoms with E-state index in [4.69, 9.17) is 15.2 Å². The number of benzene rings is 1. The summed E-state index contributed by atoms with van der Waals surface area (Å²) in [5.74, 6) is 2.00. The third-order valence-electron chi connectivity index (χ3n) is 2.36. The number of anilines is 1. The Kier molecular flexibility index (Phi) is 2.36. The third-order valence-corrected chi connectivity index (χ3v) is 2.95. The standard InChI is InChI=1S/C11H8BrN3O2/c12-8-1-6(2-9-10(8)17-5-16-9)11-14-3-7(13)4-15-11/h1-4H,5,13H2. The van der Waals surface area contributed by atoms with Crippen molar-refractivity contribution in [3.8, 4) is 22.9 Å². The van der Waals surface area contributed by atoms with Gasteiger partial charge in [-0.3, -0.25) is 0 Å². The second kappa shape index (κ2) is 3.89. The van der Waals surface area contributed by atoms with Gasteiger partial charge in [-0.05, 0) is 28.1 Å². The zero-order chi connectivity index (χ0) is 11.8. The van der Waals surface area contributed by atoms with Gasteiger partial charge in [0.05, 0.1) is 22.6 Å². The fourth-order valence-corrected chi connectivity index (χ4v) is 2.14. The Labute approximate surface area is 106 Å². The molecule has 0 amide bonds. The van der Waals surface area contributed by atoms with Gasteiger partial charge in [-0.1, -0.05) is 0 Å². The summed E-state index contributed by atoms with van der Waals surface area (Å²) in [6.45, 7) is 0.236. The Morgan fingerprint density at radius 3 is 2.71 bits per heavy atom. The lowest BCUT2D eigenvalue weighted by Crippen LogP contribution is -1.93. The first kappa shape index (κ1) is 10.3. The molecule has 86 valence electrons. The van der Waals surface area contributed by atoms with Crippen LogP contribution in [0.4, 0.5) is 5.69 Å². The van der Waals surface area contributed by atoms with Gasteiger partial charge in [0.2, 0.25) is 6.79 Å². The first-order chi connectivity index (χ1) is 8.24. The normalized spacial score (nSPS) is 12.8. The number of fused-ring (bicyclic) bond motifs is 1. The third kappa shape index (κ3) is 1.80. The molecule has 17 heavy (non-hydrogen) atoms. The highest BCUT2D eigenvalue weighted by Gasteiger charge is 2.19. The van der Waals surface area contributed by atoms with E-state index in [1.807, 2.05) is 12.1 Å². The predicted molar refractivity (Wildman–Crippen MR) is 65.7 cm³/mol. The molecule has 2 heterocycles. The molecule has 1 aromatic carbocycles. The van der Waals surface area contributed by atoms with E-state index in [0.29, 0.717) is 23.0 Å². The Hall–Kier alpha value is -1.82. The van der Waals surface area contributed by atoms with Crippen LogP contribution in [-0.2, 0) is 0 Å². The van der Waals surface area contributed by atoms with Gasteiger partial charge in [0.1, 0.15) is 0 Å². The molecule has 1 aliphatic heterocycles. The van der Waals surface area contributed by atoms with Crippen molar-refractivity contribution in [1.29, 1.82) is 0 Å². The molecule has 0 aliphatic carbocycles. The van der Waals surface area contributed by atoms with Crippen LogP contribution in [0.15, 0.2) is 29.0 Å². The number of aromatic nitrogens is 2. The molecule has 0 saturated carbocycles. The van der Waals surface area contributed by atoms with Gasteiger partial charge in [-0.15, -0.1) is 0 Å². The zero-order valence-corrected chi connectivity index (χ0v) is 10.3. The van der Waals surface area contributed by atoms with E-state index in [9.17, 15) is 0 Å². The summed E-state index contributed by atoms with van der Waals surface area (Å²) >= 11 is 3.42. The fraction of sp³-hybridized carbons (Fsp3) is 0.0909. The lowest BCUT2D eigenvalue weighted by molar-refractivity contribution is 0.173. The van der Waals surface area contributed by atoms with Crippen LogP contribution in [0.3, 0.4) is 0 Å². The van der Waals surface area contributed by atoms with E-state index in [1.54, 1.807) is 12.4 Å². The maximum absolute atomic E-state index is 5.55. The van der Waals surface area contributed by atoms with Crippen molar-refractivity contribution in [1.82, 2.24) is 9.97 Å². The Morgan fingerprint density at radius 2 is 1.94 bits per heavy atom. The van der Waals surface area contributed by atoms with Gasteiger partial charge in [-0.2, -0.15) is 0 Å². The predicted octanol–water partition coefficient (Wildman–Crippen LogP) is 2.22. The maximum Gasteiger partial charge on any atom is 0.231 e. The maximum atomic E-state index is 5.55. The van der Waals surface area contributed by atoms with Gasteiger partial charge < -0.3 is 15.2 Å². The van der Waals surface area contributed by atoms with Gasteiger partial charge in [0.25, 0.3) is 0 Å². The van der Waals surface area contributed by atoms with Crippen LogP contribution in [-0.4, -0.2) is 16.8 Å². The number of nitrogen functional groups attached to an aromatic ring is 1. The minimum absolute atomic E-state index is 0.236. The molecular weight excluding hydrogens is 286 g/mol. The quantitative estimate of drug-likeness (QED) is 0.873. The molecule has 0 spiro atoms. The second-order valence-electron chi connectivity index (χ2n) is 3.53. The summed E-state index contributed by atoms with van der Waals surface area (Å²) in [5, 5.41) is 0. The molecule has 1 aromatic heterocycles. The van der Waals surface area contributed by atoms with Crippen LogP contribution < -0.4 is 15.2 Å². The topological polar surface area (TPSA) is 70.3 Å². The summed E-state index contributed by atoms with van der Waals surface area (Å²) < 4.78 is 11.5. The molecule has 0 unspecified atom stereocenters. The Morgan fingerprint density at radius 1 is 1.18 bits per heavy atom. The molecule has 6 heteroatoms. The first-order valence-electron chi connectivity index (χ1n) is 4.91. The van der Waals surface area contributed by atoms with Crippen molar-refractivity contribution < 1.29 is 9.47 Å². The van der Waals surface area contributed by atoms with E-state index in [-0.39, 0.29) is 6.79 Å². The van der Waals surface area contributed by atoms with Gasteiger partial charge in [0.15, 0.2) is 17.3 Å². The fourth-order valence-electron chi connectivity index (χ4n) is 1.58. The van der Waals surface area contributed by atoms with Crippen LogP contribution in [0, 0.1) is 0 Å². The second-order valence-corrected chi connectivity index (χ2v) is 4.39. The average molecular weight is 294 g/mol. The molecule has 1 aliphatic rings. The zero-order valence-electron chi connectivity index (χ0n) is 8.68. The molecule has 2 aromatic rings. The summed E-state index contributed by atoms with van der Waals surface area (Å²) in [4.78, 5) is 8.32. The first-order valence-corrected chi connectivity index (χ1v) is 5.70. The van der Waals surface area contributed by atoms with Crippen LogP contribution in [0.25, 0.3) is 11.4 Å². The number of nitrogens with zero attached hydrogens (tertiary/aromatic N) is 2. The van der Waals surface area contributed by atoms with Gasteiger partial charge >= 0.3 is 0 Å². The summed E-state index contributed by atoms with van der Waals surface area (Å²) in [7, 11) is 0. The highest BCUT2D eigenvalue weighted by molar-refractivity contribution is 9.10. The van der Waals surface area contributed by atoms with Crippen LogP contribution in [0.2, 0.25) is 0 Å². The summed E-state index contributed by atoms with van der Waals surface area (Å²) in [6.07, 6.45) is 3.14. The highest BCUT2D eigenvalue weighted by atomic mass is 79.9. The number of hydrogen-bond donors (Lipinski definition) is 1. The lowest BCUT2D eigenvalue weighted by atomic mass is 10.2. The van der Waals surface area contributed by atoms with E-state index in [1.165, 1.54) is 0 Å². The average Bonchev–Trinajstić information content (AvgIpc) is 2.78. The molecule has 0 saturated heterocycles. The van der Waals surface area contributed by atoms with Crippen LogP contribution >= 0.6 is 15.9 Å². The number of rotatable bonds is 1. The van der Waals surface area contributed by atoms with Crippen molar-refractivity contribution >= 4 is 21.6 Å². The van der Waals surface area contributed by atoms with Crippen molar-refractivity contribution in [2.45, 2.75) is 0 Å². The molecule has 0 radical (unpaired) electrons. The van der Waals surface area contributed by atoms with E-state index < -0.39 is 0 Å². The van der Waals surface area contributed by atoms with Crippen molar-refractivity contribution in [3.05, 3.63) is 29.0 Å². The van der Waals surface area contributed by atoms with Crippen molar-refractivity contribution in [2.24, 2.45) is 0 Å². The minimum atomic E-state index is 0.236. The van der Waals surface area contributed by atoms with Gasteiger partial charge in [-0.25, -0.2) is 9.97 Å². The Balaban J connectivity index is 2.10. The number of nitrogens with two attached hydrogens (primary N) is 1. The van der Waals surface area contributed by atoms with Crippen molar-refractivity contribution in [3.63, 3.8) is 0 Å². The Bertz CT molecular complexity index is 572. The number of halogens is 1. The van der Waals surface area contributed by atoms with E-state index in [0.717, 1.165) is 10.0 Å². The summed E-state index contributed by atoms with van der Waals surface area (Å²) in [6, 6.07) is 3.73. The summed E-state index contributed by atoms with van der Waals surface area (Å²) in [5.41, 5.74) is 6.93. The lowest BCUT2D eigenvalue weighted by Gasteiger charge is -2.04. The number of hydrogen-bond acceptors (Lipinski definition) is 5. The van der Waals surface area contributed by atoms with Gasteiger partial charge in [0, 0.05) is 5.56 Å². The van der Waals surface area contributed by atoms with E-state index in [2.05, 4.69) is 25.9 Å². The highest BCUT2D eigenvalue weighted by Crippen LogP contribution is 2.41. The smallest absolute Gasteiger partial charge is 0.231 e. The molecule has 3 rings (SSSR count). The molecule has 5 nitrogen and oxygen atoms in total.